The van der Waals surface area contributed by atoms with Crippen LogP contribution in [-0.4, -0.2) is 52.9 Å². The normalized spacial score (nSPS) is 11.5. The Morgan fingerprint density at radius 3 is 2.43 bits per heavy atom. The molecule has 21 heavy (non-hydrogen) atoms. The summed E-state index contributed by atoms with van der Waals surface area (Å²) in [4.78, 5) is 13.9. The summed E-state index contributed by atoms with van der Waals surface area (Å²) in [6, 6.07) is 2.93. The highest BCUT2D eigenvalue weighted by Gasteiger charge is 2.20. The lowest BCUT2D eigenvalue weighted by atomic mass is 10.1. The van der Waals surface area contributed by atoms with Crippen molar-refractivity contribution >= 4 is 21.5 Å². The molecule has 0 aliphatic carbocycles. The zero-order valence-corrected chi connectivity index (χ0v) is 13.9. The molecule has 1 rings (SSSR count). The molecule has 1 N–H and O–H groups in total. The number of rotatable bonds is 6. The summed E-state index contributed by atoms with van der Waals surface area (Å²) in [7, 11) is 0.326. The van der Waals surface area contributed by atoms with E-state index in [1.165, 1.54) is 12.1 Å². The van der Waals surface area contributed by atoms with Gasteiger partial charge in [0.1, 0.15) is 0 Å². The molecular weight excluding hydrogens is 292 g/mol. The highest BCUT2D eigenvalue weighted by molar-refractivity contribution is 7.90. The third-order valence-corrected chi connectivity index (χ3v) is 4.03. The van der Waals surface area contributed by atoms with Gasteiger partial charge in [-0.2, -0.15) is 0 Å². The van der Waals surface area contributed by atoms with E-state index in [4.69, 9.17) is 4.74 Å². The summed E-state index contributed by atoms with van der Waals surface area (Å²) >= 11 is 0. The maximum Gasteiger partial charge on any atom is 0.338 e. The van der Waals surface area contributed by atoms with Crippen LogP contribution in [0.15, 0.2) is 17.0 Å². The minimum atomic E-state index is -3.39. The number of nitrogens with one attached hydrogen (secondary N) is 1. The minimum Gasteiger partial charge on any atom is -0.462 e. The van der Waals surface area contributed by atoms with Gasteiger partial charge in [-0.25, -0.2) is 13.2 Å². The number of carbonyl (C=O) groups excluding carboxylic acids is 1. The van der Waals surface area contributed by atoms with E-state index in [2.05, 4.69) is 5.32 Å². The number of anilines is 1. The molecule has 0 spiro atoms. The van der Waals surface area contributed by atoms with E-state index in [1.54, 1.807) is 13.8 Å². The number of hydrogen-bond acceptors (Lipinski definition) is 6. The van der Waals surface area contributed by atoms with Gasteiger partial charge in [0.15, 0.2) is 9.84 Å². The van der Waals surface area contributed by atoms with Crippen molar-refractivity contribution in [3.63, 3.8) is 0 Å². The Labute approximate surface area is 126 Å². The molecule has 0 amide bonds. The Kier molecular flexibility index (Phi) is 5.74. The van der Waals surface area contributed by atoms with Crippen molar-refractivity contribution in [2.75, 3.05) is 38.9 Å². The summed E-state index contributed by atoms with van der Waals surface area (Å²) in [6.07, 6.45) is 1.15. The molecule has 0 heterocycles. The first kappa shape index (κ1) is 17.5. The fourth-order valence-electron chi connectivity index (χ4n) is 1.88. The molecule has 0 aliphatic heterocycles. The fourth-order valence-corrected chi connectivity index (χ4v) is 2.79. The summed E-state index contributed by atoms with van der Waals surface area (Å²) in [6.45, 7) is 4.16. The SMILES string of the molecule is CCOC(=O)c1ccc(S(C)(=O)=O)c(NCN(C)C)c1C. The van der Waals surface area contributed by atoms with Gasteiger partial charge in [-0.05, 0) is 45.6 Å². The maximum atomic E-state index is 11.9. The average Bonchev–Trinajstić information content (AvgIpc) is 2.35. The quantitative estimate of drug-likeness (QED) is 0.633. The fraction of sp³-hybridized carbons (Fsp3) is 0.500. The van der Waals surface area contributed by atoms with Crippen LogP contribution in [0.3, 0.4) is 0 Å². The largest absolute Gasteiger partial charge is 0.462 e. The van der Waals surface area contributed by atoms with Gasteiger partial charge >= 0.3 is 5.97 Å². The van der Waals surface area contributed by atoms with Crippen LogP contribution in [0.5, 0.6) is 0 Å². The minimum absolute atomic E-state index is 0.176. The second kappa shape index (κ2) is 6.91. The maximum absolute atomic E-state index is 11.9. The highest BCUT2D eigenvalue weighted by atomic mass is 32.2. The molecule has 0 saturated heterocycles. The average molecular weight is 314 g/mol. The van der Waals surface area contributed by atoms with Gasteiger partial charge < -0.3 is 10.1 Å². The van der Waals surface area contributed by atoms with Crippen molar-refractivity contribution in [3.05, 3.63) is 23.3 Å². The first-order chi connectivity index (χ1) is 9.68. The second-order valence-corrected chi connectivity index (χ2v) is 7.00. The van der Waals surface area contributed by atoms with Crippen molar-refractivity contribution in [1.82, 2.24) is 4.90 Å². The Morgan fingerprint density at radius 1 is 1.33 bits per heavy atom. The lowest BCUT2D eigenvalue weighted by Crippen LogP contribution is -2.22. The number of sulfone groups is 1. The summed E-state index contributed by atoms with van der Waals surface area (Å²) in [5.41, 5.74) is 1.38. The molecule has 6 nitrogen and oxygen atoms in total. The van der Waals surface area contributed by atoms with Crippen molar-refractivity contribution < 1.29 is 17.9 Å². The van der Waals surface area contributed by atoms with Gasteiger partial charge in [0, 0.05) is 6.26 Å². The van der Waals surface area contributed by atoms with Crippen LogP contribution in [-0.2, 0) is 14.6 Å². The lowest BCUT2D eigenvalue weighted by molar-refractivity contribution is 0.0525. The van der Waals surface area contributed by atoms with E-state index >= 15 is 0 Å². The van der Waals surface area contributed by atoms with Crippen LogP contribution in [0.2, 0.25) is 0 Å². The van der Waals surface area contributed by atoms with Gasteiger partial charge in [-0.15, -0.1) is 0 Å². The van der Waals surface area contributed by atoms with Crippen LogP contribution < -0.4 is 5.32 Å². The smallest absolute Gasteiger partial charge is 0.338 e. The molecular formula is C14H22N2O4S. The van der Waals surface area contributed by atoms with Crippen LogP contribution in [0.4, 0.5) is 5.69 Å². The van der Waals surface area contributed by atoms with Crippen molar-refractivity contribution in [3.8, 4) is 0 Å². The van der Waals surface area contributed by atoms with E-state index < -0.39 is 15.8 Å². The third-order valence-electron chi connectivity index (χ3n) is 2.89. The Bertz CT molecular complexity index is 624. The molecule has 118 valence electrons. The van der Waals surface area contributed by atoms with Crippen LogP contribution >= 0.6 is 0 Å². The number of carbonyl (C=O) groups is 1. The van der Waals surface area contributed by atoms with E-state index in [-0.39, 0.29) is 11.5 Å². The molecule has 0 bridgehead atoms. The topological polar surface area (TPSA) is 75.7 Å². The standard InChI is InChI=1S/C14H22N2O4S/c1-6-20-14(17)11-7-8-12(21(5,18)19)13(10(11)2)15-9-16(3)4/h7-8,15H,6,9H2,1-5H3. The Balaban J connectivity index is 3.37. The predicted octanol–water partition coefficient (Wildman–Crippen LogP) is 1.51. The number of nitrogens with zero attached hydrogens (tertiary/aromatic N) is 1. The van der Waals surface area contributed by atoms with E-state index in [9.17, 15) is 13.2 Å². The summed E-state index contributed by atoms with van der Waals surface area (Å²) < 4.78 is 28.8. The number of esters is 1. The molecule has 0 radical (unpaired) electrons. The molecule has 0 aliphatic rings. The van der Waals surface area contributed by atoms with Crippen LogP contribution in [0, 0.1) is 6.92 Å². The van der Waals surface area contributed by atoms with E-state index in [0.717, 1.165) is 6.26 Å². The molecule has 0 fully saturated rings. The van der Waals surface area contributed by atoms with Gasteiger partial charge in [0.05, 0.1) is 29.4 Å². The molecule has 0 atom stereocenters. The lowest BCUT2D eigenvalue weighted by Gasteiger charge is -2.19. The molecule has 0 aromatic heterocycles. The van der Waals surface area contributed by atoms with Crippen molar-refractivity contribution in [2.45, 2.75) is 18.7 Å². The Hall–Kier alpha value is -1.60. The van der Waals surface area contributed by atoms with Crippen LogP contribution in [0.1, 0.15) is 22.8 Å². The number of benzene rings is 1. The molecule has 0 unspecified atom stereocenters. The number of hydrogen-bond donors (Lipinski definition) is 1. The zero-order valence-electron chi connectivity index (χ0n) is 13.1. The van der Waals surface area contributed by atoms with Crippen molar-refractivity contribution in [1.29, 1.82) is 0 Å². The zero-order chi connectivity index (χ0) is 16.2. The monoisotopic (exact) mass is 314 g/mol. The highest BCUT2D eigenvalue weighted by Crippen LogP contribution is 2.28. The molecule has 7 heteroatoms. The molecule has 0 saturated carbocycles. The molecule has 1 aromatic carbocycles. The van der Waals surface area contributed by atoms with Crippen molar-refractivity contribution in [2.24, 2.45) is 0 Å². The number of ether oxygens (including phenoxy) is 1. The van der Waals surface area contributed by atoms with Gasteiger partial charge in [-0.3, -0.25) is 4.90 Å². The van der Waals surface area contributed by atoms with Gasteiger partial charge in [0.25, 0.3) is 0 Å². The summed E-state index contributed by atoms with van der Waals surface area (Å²) in [5, 5.41) is 3.06. The van der Waals surface area contributed by atoms with E-state index in [0.29, 0.717) is 23.5 Å². The third kappa shape index (κ3) is 4.44. The van der Waals surface area contributed by atoms with Gasteiger partial charge in [-0.1, -0.05) is 0 Å². The summed E-state index contributed by atoms with van der Waals surface area (Å²) in [5.74, 6) is -0.456. The second-order valence-electron chi connectivity index (χ2n) is 5.02. The van der Waals surface area contributed by atoms with Gasteiger partial charge in [0.2, 0.25) is 0 Å². The Morgan fingerprint density at radius 2 is 1.95 bits per heavy atom. The first-order valence-electron chi connectivity index (χ1n) is 6.57. The van der Waals surface area contributed by atoms with E-state index in [1.807, 2.05) is 19.0 Å². The first-order valence-corrected chi connectivity index (χ1v) is 8.47. The van der Waals surface area contributed by atoms with Crippen LogP contribution in [0.25, 0.3) is 0 Å². The molecule has 1 aromatic rings. The predicted molar refractivity (Wildman–Crippen MR) is 82.4 cm³/mol.